The number of Topliss-reactive ketones (excluding diaryl/α,β-unsaturated/α-hetero) is 1. The lowest BCUT2D eigenvalue weighted by molar-refractivity contribution is -0.116. The Bertz CT molecular complexity index is 636. The fraction of sp³-hybridized carbons (Fsp3) is 0.200. The molecular weight excluding hydrogens is 294 g/mol. The van der Waals surface area contributed by atoms with Gasteiger partial charge >= 0.3 is 0 Å². The highest BCUT2D eigenvalue weighted by atomic mass is 35.5. The number of benzene rings is 1. The molecular formula is C15H14ClNO2S. The van der Waals surface area contributed by atoms with Gasteiger partial charge < -0.3 is 5.32 Å². The van der Waals surface area contributed by atoms with Gasteiger partial charge in [-0.1, -0.05) is 23.7 Å². The first kappa shape index (κ1) is 14.8. The van der Waals surface area contributed by atoms with Crippen molar-refractivity contribution in [1.29, 1.82) is 0 Å². The number of hydrogen-bond acceptors (Lipinski definition) is 3. The van der Waals surface area contributed by atoms with Gasteiger partial charge in [0.25, 0.3) is 0 Å². The largest absolute Gasteiger partial charge is 0.326 e. The number of aryl methyl sites for hydroxylation is 1. The van der Waals surface area contributed by atoms with Gasteiger partial charge in [0.05, 0.1) is 9.21 Å². The van der Waals surface area contributed by atoms with Crippen molar-refractivity contribution in [2.24, 2.45) is 0 Å². The Morgan fingerprint density at radius 2 is 2.00 bits per heavy atom. The van der Waals surface area contributed by atoms with Crippen LogP contribution in [0.5, 0.6) is 0 Å². The number of rotatable bonds is 5. The molecule has 1 N–H and O–H groups in total. The normalized spacial score (nSPS) is 10.3. The van der Waals surface area contributed by atoms with Crippen LogP contribution in [-0.2, 0) is 4.79 Å². The van der Waals surface area contributed by atoms with E-state index in [9.17, 15) is 9.59 Å². The lowest BCUT2D eigenvalue weighted by Crippen LogP contribution is -2.13. The van der Waals surface area contributed by atoms with Gasteiger partial charge in [0.1, 0.15) is 0 Å². The van der Waals surface area contributed by atoms with Crippen molar-refractivity contribution in [3.63, 3.8) is 0 Å². The van der Waals surface area contributed by atoms with Crippen molar-refractivity contribution in [1.82, 2.24) is 0 Å². The predicted molar refractivity (Wildman–Crippen MR) is 82.7 cm³/mol. The van der Waals surface area contributed by atoms with Crippen LogP contribution in [0.3, 0.4) is 0 Å². The molecule has 0 saturated carbocycles. The Labute approximate surface area is 126 Å². The summed E-state index contributed by atoms with van der Waals surface area (Å²) in [6.07, 6.45) is 0.358. The minimum absolute atomic E-state index is 0.0544. The molecule has 3 nitrogen and oxygen atoms in total. The third-order valence-corrected chi connectivity index (χ3v) is 4.00. The van der Waals surface area contributed by atoms with Gasteiger partial charge in [-0.3, -0.25) is 9.59 Å². The number of carbonyl (C=O) groups excluding carboxylic acids is 2. The van der Waals surface area contributed by atoms with Crippen molar-refractivity contribution < 1.29 is 9.59 Å². The van der Waals surface area contributed by atoms with Crippen LogP contribution in [0.25, 0.3) is 0 Å². The van der Waals surface area contributed by atoms with E-state index in [-0.39, 0.29) is 24.5 Å². The summed E-state index contributed by atoms with van der Waals surface area (Å²) in [5, 5.41) is 2.78. The molecule has 1 heterocycles. The highest BCUT2D eigenvalue weighted by Gasteiger charge is 2.11. The van der Waals surface area contributed by atoms with E-state index >= 15 is 0 Å². The molecule has 5 heteroatoms. The SMILES string of the molecule is Cc1cccc(NC(=O)CCC(=O)c2ccc(Cl)s2)c1. The second-order valence-corrected chi connectivity index (χ2v) is 6.16. The minimum Gasteiger partial charge on any atom is -0.326 e. The van der Waals surface area contributed by atoms with Gasteiger partial charge in [-0.15, -0.1) is 11.3 Å². The fourth-order valence-corrected chi connectivity index (χ4v) is 2.77. The second kappa shape index (κ2) is 6.68. The van der Waals surface area contributed by atoms with E-state index in [0.29, 0.717) is 9.21 Å². The van der Waals surface area contributed by atoms with E-state index in [0.717, 1.165) is 11.3 Å². The second-order valence-electron chi connectivity index (χ2n) is 4.44. The maximum absolute atomic E-state index is 11.8. The molecule has 0 radical (unpaired) electrons. The summed E-state index contributed by atoms with van der Waals surface area (Å²) in [7, 11) is 0. The summed E-state index contributed by atoms with van der Waals surface area (Å²) in [5.41, 5.74) is 1.83. The van der Waals surface area contributed by atoms with E-state index in [1.165, 1.54) is 11.3 Å². The molecule has 1 amide bonds. The summed E-state index contributed by atoms with van der Waals surface area (Å²) in [6.45, 7) is 1.96. The van der Waals surface area contributed by atoms with Gasteiger partial charge in [-0.05, 0) is 36.8 Å². The van der Waals surface area contributed by atoms with Crippen LogP contribution in [-0.4, -0.2) is 11.7 Å². The van der Waals surface area contributed by atoms with Crippen LogP contribution in [0.2, 0.25) is 4.34 Å². The Morgan fingerprint density at radius 1 is 1.20 bits per heavy atom. The van der Waals surface area contributed by atoms with Gasteiger partial charge in [0.15, 0.2) is 5.78 Å². The van der Waals surface area contributed by atoms with Gasteiger partial charge in [0.2, 0.25) is 5.91 Å². The number of hydrogen-bond donors (Lipinski definition) is 1. The first-order valence-corrected chi connectivity index (χ1v) is 7.39. The molecule has 0 atom stereocenters. The average Bonchev–Trinajstić information content (AvgIpc) is 2.83. The maximum Gasteiger partial charge on any atom is 0.224 e. The Balaban J connectivity index is 1.85. The van der Waals surface area contributed by atoms with E-state index < -0.39 is 0 Å². The van der Waals surface area contributed by atoms with Crippen LogP contribution < -0.4 is 5.32 Å². The van der Waals surface area contributed by atoms with Crippen molar-refractivity contribution in [3.05, 3.63) is 51.2 Å². The third kappa shape index (κ3) is 4.18. The molecule has 2 aromatic rings. The summed E-state index contributed by atoms with van der Waals surface area (Å²) in [6, 6.07) is 10.9. The molecule has 1 aromatic heterocycles. The average molecular weight is 308 g/mol. The molecule has 2 rings (SSSR count). The summed E-state index contributed by atoms with van der Waals surface area (Å²) in [4.78, 5) is 24.2. The summed E-state index contributed by atoms with van der Waals surface area (Å²) in [5.74, 6) is -0.215. The molecule has 0 bridgehead atoms. The third-order valence-electron chi connectivity index (χ3n) is 2.73. The zero-order valence-electron chi connectivity index (χ0n) is 11.0. The Kier molecular flexibility index (Phi) is 4.93. The van der Waals surface area contributed by atoms with Gasteiger partial charge in [0, 0.05) is 18.5 Å². The van der Waals surface area contributed by atoms with E-state index in [4.69, 9.17) is 11.6 Å². The molecule has 20 heavy (non-hydrogen) atoms. The number of amides is 1. The predicted octanol–water partition coefficient (Wildman–Crippen LogP) is 4.31. The summed E-state index contributed by atoms with van der Waals surface area (Å²) < 4.78 is 0.581. The van der Waals surface area contributed by atoms with Crippen molar-refractivity contribution >= 4 is 40.3 Å². The number of thiophene rings is 1. The first-order valence-electron chi connectivity index (χ1n) is 6.19. The van der Waals surface area contributed by atoms with E-state index in [1.807, 2.05) is 31.2 Å². The molecule has 0 unspecified atom stereocenters. The Hall–Kier alpha value is -1.65. The molecule has 0 fully saturated rings. The first-order chi connectivity index (χ1) is 9.54. The topological polar surface area (TPSA) is 46.2 Å². The molecule has 0 saturated heterocycles. The van der Waals surface area contributed by atoms with Crippen LogP contribution >= 0.6 is 22.9 Å². The molecule has 0 aliphatic heterocycles. The van der Waals surface area contributed by atoms with Crippen LogP contribution in [0.15, 0.2) is 36.4 Å². The highest BCUT2D eigenvalue weighted by Crippen LogP contribution is 2.23. The molecule has 0 spiro atoms. The number of anilines is 1. The lowest BCUT2D eigenvalue weighted by atomic mass is 10.1. The van der Waals surface area contributed by atoms with Gasteiger partial charge in [-0.2, -0.15) is 0 Å². The smallest absolute Gasteiger partial charge is 0.224 e. The standard InChI is InChI=1S/C15H14ClNO2S/c1-10-3-2-4-11(9-10)17-15(19)8-5-12(18)13-6-7-14(16)20-13/h2-4,6-7,9H,5,8H2,1H3,(H,17,19). The van der Waals surface area contributed by atoms with Crippen molar-refractivity contribution in [2.75, 3.05) is 5.32 Å². The number of halogens is 1. The molecule has 1 aromatic carbocycles. The molecule has 104 valence electrons. The fourth-order valence-electron chi connectivity index (χ4n) is 1.76. The number of nitrogens with one attached hydrogen (secondary N) is 1. The molecule has 0 aliphatic carbocycles. The van der Waals surface area contributed by atoms with Gasteiger partial charge in [-0.25, -0.2) is 0 Å². The number of ketones is 1. The van der Waals surface area contributed by atoms with Crippen molar-refractivity contribution in [3.8, 4) is 0 Å². The maximum atomic E-state index is 11.8. The minimum atomic E-state index is -0.161. The van der Waals surface area contributed by atoms with Crippen LogP contribution in [0, 0.1) is 6.92 Å². The summed E-state index contributed by atoms with van der Waals surface area (Å²) >= 11 is 7.01. The number of carbonyl (C=O) groups is 2. The van der Waals surface area contributed by atoms with Crippen LogP contribution in [0.1, 0.15) is 28.1 Å². The monoisotopic (exact) mass is 307 g/mol. The van der Waals surface area contributed by atoms with Crippen LogP contribution in [0.4, 0.5) is 5.69 Å². The van der Waals surface area contributed by atoms with Crippen molar-refractivity contribution in [2.45, 2.75) is 19.8 Å². The zero-order chi connectivity index (χ0) is 14.5. The quantitative estimate of drug-likeness (QED) is 0.837. The zero-order valence-corrected chi connectivity index (χ0v) is 12.6. The Morgan fingerprint density at radius 3 is 2.65 bits per heavy atom. The van der Waals surface area contributed by atoms with E-state index in [1.54, 1.807) is 12.1 Å². The van der Waals surface area contributed by atoms with E-state index in [2.05, 4.69) is 5.32 Å². The lowest BCUT2D eigenvalue weighted by Gasteiger charge is -2.05. The highest BCUT2D eigenvalue weighted by molar-refractivity contribution is 7.18. The molecule has 0 aliphatic rings.